The molecule has 0 unspecified atom stereocenters. The molecule has 6 rings (SSSR count). The molecule has 0 aromatic carbocycles. The molecule has 2 aliphatic rings. The van der Waals surface area contributed by atoms with E-state index in [1.807, 2.05) is 12.1 Å². The third-order valence-electron chi connectivity index (χ3n) is 6.05. The van der Waals surface area contributed by atoms with E-state index < -0.39 is 6.17 Å². The van der Waals surface area contributed by atoms with Crippen molar-refractivity contribution < 1.29 is 9.18 Å². The average Bonchev–Trinajstić information content (AvgIpc) is 3.18. The molecule has 0 bridgehead atoms. The Morgan fingerprint density at radius 1 is 1.29 bits per heavy atom. The van der Waals surface area contributed by atoms with Crippen LogP contribution in [0, 0.1) is 0 Å². The highest BCUT2D eigenvalue weighted by Gasteiger charge is 2.28. The maximum atomic E-state index is 13.6. The number of hydrogen-bond donors (Lipinski definition) is 3. The highest BCUT2D eigenvalue weighted by Crippen LogP contribution is 2.33. The van der Waals surface area contributed by atoms with E-state index in [0.717, 1.165) is 29.1 Å². The number of aromatic nitrogens is 5. The first-order valence-electron chi connectivity index (χ1n) is 11.1. The van der Waals surface area contributed by atoms with Gasteiger partial charge in [0.25, 0.3) is 5.91 Å². The Balaban J connectivity index is 1.42. The first-order valence-corrected chi connectivity index (χ1v) is 11.9. The molecular weight excluding hydrogens is 457 g/mol. The fourth-order valence-electron chi connectivity index (χ4n) is 4.11. The molecule has 2 fully saturated rings. The molecule has 11 heteroatoms. The van der Waals surface area contributed by atoms with Crippen molar-refractivity contribution in [2.75, 3.05) is 18.4 Å². The van der Waals surface area contributed by atoms with Crippen LogP contribution < -0.4 is 21.7 Å². The molecule has 5 heterocycles. The van der Waals surface area contributed by atoms with Crippen LogP contribution >= 0.6 is 11.3 Å². The molecular formula is C23H22FN7O2S. The molecule has 3 N–H and O–H groups in total. The van der Waals surface area contributed by atoms with Crippen LogP contribution in [0.1, 0.15) is 34.5 Å². The summed E-state index contributed by atoms with van der Waals surface area (Å²) in [5.41, 5.74) is 1.71. The Morgan fingerprint density at radius 2 is 2.15 bits per heavy atom. The normalized spacial score (nSPS) is 18.8. The second-order valence-electron chi connectivity index (χ2n) is 8.70. The van der Waals surface area contributed by atoms with Crippen LogP contribution in [-0.2, 0) is 0 Å². The lowest BCUT2D eigenvalue weighted by Gasteiger charge is -2.13. The Kier molecular flexibility index (Phi) is 4.87. The molecule has 174 valence electrons. The van der Waals surface area contributed by atoms with Gasteiger partial charge in [0.15, 0.2) is 5.65 Å². The number of nitrogens with one attached hydrogen (secondary N) is 3. The van der Waals surface area contributed by atoms with Gasteiger partial charge < -0.3 is 20.2 Å². The quantitative estimate of drug-likeness (QED) is 0.402. The summed E-state index contributed by atoms with van der Waals surface area (Å²) in [6, 6.07) is 5.97. The third-order valence-corrected chi connectivity index (χ3v) is 7.15. The predicted molar refractivity (Wildman–Crippen MR) is 128 cm³/mol. The van der Waals surface area contributed by atoms with Gasteiger partial charge in [0.05, 0.1) is 38.9 Å². The number of fused-ring (bicyclic) bond motifs is 1. The molecule has 1 saturated carbocycles. The van der Waals surface area contributed by atoms with Gasteiger partial charge in [-0.3, -0.25) is 4.79 Å². The van der Waals surface area contributed by atoms with E-state index in [9.17, 15) is 14.0 Å². The molecule has 9 nitrogen and oxygen atoms in total. The number of thiophene rings is 1. The summed E-state index contributed by atoms with van der Waals surface area (Å²) in [5.74, 6) is 0.659. The number of rotatable bonds is 5. The van der Waals surface area contributed by atoms with Crippen molar-refractivity contribution in [3.8, 4) is 10.6 Å². The Labute approximate surface area is 196 Å². The summed E-state index contributed by atoms with van der Waals surface area (Å²) >= 11 is 1.35. The Bertz CT molecular complexity index is 1580. The van der Waals surface area contributed by atoms with Crippen LogP contribution in [0.4, 0.5) is 10.2 Å². The standard InChI is InChI=1S/C23H22FN7O2S/c1-12-16(29-23(33)26-12)8-13-10-25-31-20(27-15-2-3-15)9-17(28-21(13)31)18-4-5-19(34-18)22(32)30-7-6-14(24)11-30/h4-5,8-10,14-15,27H,1-3,6-7,11H2,(H2,26,29,33)/b16-8-/t14-/m1/s1. The van der Waals surface area contributed by atoms with Gasteiger partial charge in [-0.25, -0.2) is 14.2 Å². The second-order valence-corrected chi connectivity index (χ2v) is 9.78. The molecule has 34 heavy (non-hydrogen) atoms. The van der Waals surface area contributed by atoms with E-state index in [0.29, 0.717) is 45.9 Å². The largest absolute Gasteiger partial charge is 0.367 e. The van der Waals surface area contributed by atoms with Crippen molar-refractivity contribution in [2.45, 2.75) is 31.5 Å². The van der Waals surface area contributed by atoms with Crippen LogP contribution in [-0.4, -0.2) is 60.7 Å². The number of halogens is 1. The molecule has 1 atom stereocenters. The molecule has 1 amide bonds. The van der Waals surface area contributed by atoms with Crippen molar-refractivity contribution in [3.05, 3.63) is 56.0 Å². The number of nitrogens with zero attached hydrogens (tertiary/aromatic N) is 4. The fraction of sp³-hybridized carbons (Fsp3) is 0.304. The molecule has 1 saturated heterocycles. The van der Waals surface area contributed by atoms with E-state index in [2.05, 4.69) is 27.0 Å². The first-order chi connectivity index (χ1) is 16.4. The Morgan fingerprint density at radius 3 is 2.85 bits per heavy atom. The number of anilines is 1. The zero-order valence-corrected chi connectivity index (χ0v) is 19.0. The van der Waals surface area contributed by atoms with E-state index in [4.69, 9.17) is 4.98 Å². The summed E-state index contributed by atoms with van der Waals surface area (Å²) in [5, 5.41) is 9.05. The van der Waals surface area contributed by atoms with Crippen LogP contribution in [0.2, 0.25) is 0 Å². The van der Waals surface area contributed by atoms with E-state index in [1.165, 1.54) is 11.3 Å². The van der Waals surface area contributed by atoms with Crippen LogP contribution in [0.25, 0.3) is 28.9 Å². The first kappa shape index (κ1) is 20.8. The number of amides is 1. The van der Waals surface area contributed by atoms with Gasteiger partial charge >= 0.3 is 5.69 Å². The zero-order valence-electron chi connectivity index (χ0n) is 18.2. The van der Waals surface area contributed by atoms with Gasteiger partial charge in [-0.15, -0.1) is 11.3 Å². The topological polar surface area (TPSA) is 111 Å². The minimum Gasteiger partial charge on any atom is -0.367 e. The summed E-state index contributed by atoms with van der Waals surface area (Å²) in [4.78, 5) is 37.6. The minimum absolute atomic E-state index is 0.147. The van der Waals surface area contributed by atoms with Crippen molar-refractivity contribution >= 4 is 41.4 Å². The van der Waals surface area contributed by atoms with Crippen molar-refractivity contribution in [1.82, 2.24) is 29.5 Å². The number of carbonyl (C=O) groups excluding carboxylic acids is 1. The van der Waals surface area contributed by atoms with Crippen molar-refractivity contribution in [3.63, 3.8) is 0 Å². The molecule has 4 aromatic rings. The molecule has 0 radical (unpaired) electrons. The Hall–Kier alpha value is -3.73. The molecule has 1 aliphatic heterocycles. The lowest BCUT2D eigenvalue weighted by atomic mass is 10.2. The maximum absolute atomic E-state index is 13.6. The average molecular weight is 480 g/mol. The predicted octanol–water partition coefficient (Wildman–Crippen LogP) is 1.47. The number of hydrogen-bond acceptors (Lipinski definition) is 6. The van der Waals surface area contributed by atoms with Gasteiger partial charge in [-0.05, 0) is 37.5 Å². The smallest absolute Gasteiger partial charge is 0.323 e. The second kappa shape index (κ2) is 7.94. The fourth-order valence-corrected chi connectivity index (χ4v) is 5.04. The van der Waals surface area contributed by atoms with Gasteiger partial charge in [-0.1, -0.05) is 6.58 Å². The molecule has 0 spiro atoms. The van der Waals surface area contributed by atoms with Gasteiger partial charge in [0, 0.05) is 24.2 Å². The lowest BCUT2D eigenvalue weighted by molar-refractivity contribution is 0.0787. The number of carbonyl (C=O) groups is 1. The van der Waals surface area contributed by atoms with E-state index in [-0.39, 0.29) is 18.1 Å². The van der Waals surface area contributed by atoms with Gasteiger partial charge in [-0.2, -0.15) is 9.61 Å². The minimum atomic E-state index is -0.950. The number of imidazole rings is 1. The van der Waals surface area contributed by atoms with Crippen molar-refractivity contribution in [1.29, 1.82) is 0 Å². The molecule has 1 aliphatic carbocycles. The summed E-state index contributed by atoms with van der Waals surface area (Å²) < 4.78 is 15.3. The highest BCUT2D eigenvalue weighted by molar-refractivity contribution is 7.17. The SMILES string of the molecule is C=c1[nH]c(=O)[nH]/c1=C\c1cnn2c(NC3CC3)cc(-c3ccc(C(=O)N4CC[C@@H](F)C4)s3)nc12. The lowest BCUT2D eigenvalue weighted by Crippen LogP contribution is -2.28. The van der Waals surface area contributed by atoms with Gasteiger partial charge in [0.1, 0.15) is 12.0 Å². The summed E-state index contributed by atoms with van der Waals surface area (Å²) in [6.07, 6.45) is 5.10. The third kappa shape index (κ3) is 3.81. The van der Waals surface area contributed by atoms with Crippen LogP contribution in [0.3, 0.4) is 0 Å². The molecule has 4 aromatic heterocycles. The summed E-state index contributed by atoms with van der Waals surface area (Å²) in [6.45, 7) is 4.44. The van der Waals surface area contributed by atoms with Crippen LogP contribution in [0.5, 0.6) is 0 Å². The number of likely N-dealkylation sites (tertiary alicyclic amines) is 1. The highest BCUT2D eigenvalue weighted by atomic mass is 32.1. The maximum Gasteiger partial charge on any atom is 0.323 e. The zero-order chi connectivity index (χ0) is 23.4. The summed E-state index contributed by atoms with van der Waals surface area (Å²) in [7, 11) is 0. The monoisotopic (exact) mass is 479 g/mol. The van der Waals surface area contributed by atoms with Crippen molar-refractivity contribution in [2.24, 2.45) is 0 Å². The number of H-pyrrole nitrogens is 2. The van der Waals surface area contributed by atoms with Crippen LogP contribution in [0.15, 0.2) is 29.2 Å². The number of aromatic amines is 2. The number of alkyl halides is 1. The van der Waals surface area contributed by atoms with E-state index >= 15 is 0 Å². The van der Waals surface area contributed by atoms with Gasteiger partial charge in [0.2, 0.25) is 0 Å². The van der Waals surface area contributed by atoms with E-state index in [1.54, 1.807) is 27.8 Å².